The second-order valence-electron chi connectivity index (χ2n) is 25.2. The van der Waals surface area contributed by atoms with E-state index in [0.717, 1.165) is 81.7 Å². The van der Waals surface area contributed by atoms with Crippen LogP contribution in [0.5, 0.6) is 69.0 Å². The maximum atomic E-state index is 16.0. The Morgan fingerprint density at radius 3 is 1.66 bits per heavy atom. The third kappa shape index (κ3) is 14.7. The van der Waals surface area contributed by atoms with Crippen LogP contribution in [0.15, 0.2) is 128 Å². The van der Waals surface area contributed by atoms with E-state index < -0.39 is 142 Å². The number of nitrogens with zero attached hydrogens (tertiary/aromatic N) is 3. The number of carbonyl (C=O) groups is 7. The number of aromatic nitrogens is 3. The van der Waals surface area contributed by atoms with Crippen molar-refractivity contribution in [2.75, 3.05) is 13.7 Å². The lowest BCUT2D eigenvalue weighted by Crippen LogP contribution is -2.55. The van der Waals surface area contributed by atoms with Crippen LogP contribution < -0.4 is 46.1 Å². The van der Waals surface area contributed by atoms with Crippen molar-refractivity contribution in [3.63, 3.8) is 0 Å². The summed E-state index contributed by atoms with van der Waals surface area (Å²) in [5, 5.41) is 118. The molecule has 29 heteroatoms. The van der Waals surface area contributed by atoms with Crippen LogP contribution in [-0.2, 0) is 49.6 Å². The van der Waals surface area contributed by atoms with E-state index in [4.69, 9.17) is 23.7 Å². The van der Waals surface area contributed by atoms with Gasteiger partial charge in [-0.3, -0.25) is 28.8 Å². The molecule has 7 heterocycles. The number of hydrogen-bond acceptors (Lipinski definition) is 22. The summed E-state index contributed by atoms with van der Waals surface area (Å²) in [6.07, 6.45) is 6.16. The van der Waals surface area contributed by atoms with Gasteiger partial charge in [0.1, 0.15) is 88.4 Å². The van der Waals surface area contributed by atoms with Crippen molar-refractivity contribution in [1.82, 2.24) is 46.9 Å². The zero-order valence-corrected chi connectivity index (χ0v) is 55.2. The molecule has 0 radical (unpaired) electrons. The Morgan fingerprint density at radius 1 is 0.510 bits per heavy atom. The molecule has 0 aliphatic carbocycles. The second kappa shape index (κ2) is 29.9. The van der Waals surface area contributed by atoms with Gasteiger partial charge in [-0.25, -0.2) is 9.48 Å². The number of esters is 1. The maximum absolute atomic E-state index is 16.0. The molecule has 530 valence electrons. The van der Waals surface area contributed by atoms with E-state index in [-0.39, 0.29) is 85.2 Å². The molecular formula is C73H73N9O20. The smallest absolute Gasteiger partial charge is 0.333 e. The van der Waals surface area contributed by atoms with Crippen LogP contribution in [0.4, 0.5) is 0 Å². The predicted molar refractivity (Wildman–Crippen MR) is 359 cm³/mol. The lowest BCUT2D eigenvalue weighted by Gasteiger charge is -2.31. The van der Waals surface area contributed by atoms with Gasteiger partial charge in [0.05, 0.1) is 19.9 Å². The quantitative estimate of drug-likeness (QED) is 0.0394. The summed E-state index contributed by atoms with van der Waals surface area (Å²) in [5.74, 6) is -13.7. The highest BCUT2D eigenvalue weighted by Gasteiger charge is 2.43. The van der Waals surface area contributed by atoms with Crippen molar-refractivity contribution in [3.05, 3.63) is 178 Å². The lowest BCUT2D eigenvalue weighted by atomic mass is 9.89. The largest absolute Gasteiger partial charge is 0.508 e. The summed E-state index contributed by atoms with van der Waals surface area (Å²) in [6, 6.07) is 10.4. The van der Waals surface area contributed by atoms with Gasteiger partial charge in [0.25, 0.3) is 0 Å². The number of unbranched alkanes of at least 4 members (excludes halogenated alkanes) is 7. The fraction of sp³-hybridized carbons (Fsp3) is 0.301. The number of phenolic OH excluding ortho intramolecular Hbond substituents is 6. The topological polar surface area (TPSA) is 430 Å². The van der Waals surface area contributed by atoms with Crippen molar-refractivity contribution >= 4 is 41.4 Å². The van der Waals surface area contributed by atoms with E-state index in [9.17, 15) is 50.4 Å². The first-order valence-corrected chi connectivity index (χ1v) is 33.0. The first-order chi connectivity index (χ1) is 49.0. The van der Waals surface area contributed by atoms with Crippen LogP contribution in [0.1, 0.15) is 151 Å². The first kappa shape index (κ1) is 69.9. The van der Waals surface area contributed by atoms with Gasteiger partial charge in [-0.15, -0.1) is 5.10 Å². The predicted octanol–water partition coefficient (Wildman–Crippen LogP) is 7.40. The van der Waals surface area contributed by atoms with Gasteiger partial charge in [0, 0.05) is 34.9 Å². The van der Waals surface area contributed by atoms with Crippen LogP contribution in [0, 0.1) is 6.92 Å². The van der Waals surface area contributed by atoms with Crippen molar-refractivity contribution < 1.29 is 98.1 Å². The number of carbonyl (C=O) groups excluding carboxylic acids is 7. The molecule has 0 spiro atoms. The average Bonchev–Trinajstić information content (AvgIpc) is 0.828. The van der Waals surface area contributed by atoms with E-state index >= 15 is 24.0 Å². The third-order valence-corrected chi connectivity index (χ3v) is 18.2. The minimum atomic E-state index is -2.17. The van der Waals surface area contributed by atoms with Gasteiger partial charge in [0.15, 0.2) is 35.1 Å². The van der Waals surface area contributed by atoms with Crippen molar-refractivity contribution in [2.45, 2.75) is 126 Å². The highest BCUT2D eigenvalue weighted by atomic mass is 16.5. The molecule has 29 nitrogen and oxygen atoms in total. The molecule has 6 amide bonds. The van der Waals surface area contributed by atoms with Gasteiger partial charge < -0.3 is 96.4 Å². The maximum Gasteiger partial charge on any atom is 0.333 e. The Hall–Kier alpha value is -12.0. The lowest BCUT2D eigenvalue weighted by molar-refractivity contribution is -0.146. The summed E-state index contributed by atoms with van der Waals surface area (Å²) in [5.41, 5.74) is -1.48. The number of rotatable bonds is 13. The highest BCUT2D eigenvalue weighted by Crippen LogP contribution is 2.47. The van der Waals surface area contributed by atoms with Crippen molar-refractivity contribution in [3.8, 4) is 80.1 Å². The molecule has 14 rings (SSSR count). The molecule has 1 aromatic heterocycles. The van der Waals surface area contributed by atoms with Crippen molar-refractivity contribution in [2.24, 2.45) is 0 Å². The summed E-state index contributed by atoms with van der Waals surface area (Å²) in [4.78, 5) is 107. The normalized spacial score (nSPS) is 21.0. The molecule has 0 saturated heterocycles. The number of aromatic hydroxyl groups is 6. The van der Waals surface area contributed by atoms with E-state index in [0.29, 0.717) is 12.3 Å². The Bertz CT molecular complexity index is 4570. The van der Waals surface area contributed by atoms with Gasteiger partial charge in [-0.05, 0) is 126 Å². The molecule has 14 N–H and O–H groups in total. The molecule has 102 heavy (non-hydrogen) atoms. The molecule has 17 bridgehead atoms. The number of aliphatic hydroxyl groups excluding tert-OH is 2. The molecule has 0 unspecified atom stereocenters. The molecule has 6 aliphatic rings. The summed E-state index contributed by atoms with van der Waals surface area (Å²) < 4.78 is 31.1. The molecule has 0 fully saturated rings. The van der Waals surface area contributed by atoms with Gasteiger partial charge >= 0.3 is 5.97 Å². The Kier molecular flexibility index (Phi) is 20.5. The van der Waals surface area contributed by atoms with Gasteiger partial charge in [-0.2, -0.15) is 0 Å². The number of fused-ring (bicyclic) bond motifs is 14. The Labute approximate surface area is 582 Å². The van der Waals surface area contributed by atoms with E-state index in [1.807, 2.05) is 0 Å². The standard InChI is InChI=1S/C73H73N9O20/c1-4-5-6-7-8-9-10-11-24-99-34-42-33-82(81-80-42)63-39-17-23-49(85)53(27-39)102-52-28-40(26-50(86)35(52)2)58-68(92)75-59-41-29-54(66(90)55(30-41)101-45-20-14-37(15-21-45)65(89)62(70(94)76-58)79-72(63)96)100-44-18-12-36(13-19-44)64(88)61-71(95)77-60(73(97)98-3)47-31-43(83)32-51(87)56(47)46-25-38(16-22-48(46)84)57(67(91)78-61)74-69(59)93/h12-23,25-33,57-65,83-90H,4-11,24,34H2,1-3H3,(H,74,93)(H,75,92)(H,76,94)(H,77,95)(H,78,91)(H,79,96)/t57-,58+,59-,60-,61+,62-,63+,64-,65-/m1/s1. The van der Waals surface area contributed by atoms with Crippen molar-refractivity contribution in [1.29, 1.82) is 0 Å². The monoisotopic (exact) mass is 1400 g/mol. The zero-order valence-electron chi connectivity index (χ0n) is 55.2. The Balaban J connectivity index is 0.992. The number of nitrogens with one attached hydrogen (secondary N) is 6. The van der Waals surface area contributed by atoms with Gasteiger partial charge in [-0.1, -0.05) is 93.5 Å². The fourth-order valence-corrected chi connectivity index (χ4v) is 12.7. The van der Waals surface area contributed by atoms with Crippen LogP contribution in [-0.4, -0.2) is 123 Å². The number of methoxy groups -OCH3 is 1. The zero-order chi connectivity index (χ0) is 72.2. The third-order valence-electron chi connectivity index (χ3n) is 18.2. The van der Waals surface area contributed by atoms with Crippen LogP contribution in [0.3, 0.4) is 0 Å². The van der Waals surface area contributed by atoms with Crippen LogP contribution >= 0.6 is 0 Å². The van der Waals surface area contributed by atoms with Crippen LogP contribution in [0.2, 0.25) is 0 Å². The average molecular weight is 1400 g/mol. The summed E-state index contributed by atoms with van der Waals surface area (Å²) in [6.45, 7) is 4.04. The number of phenols is 6. The molecule has 7 aromatic carbocycles. The van der Waals surface area contributed by atoms with E-state index in [2.05, 4.69) is 49.1 Å². The van der Waals surface area contributed by atoms with E-state index in [1.54, 1.807) is 0 Å². The molecule has 8 aromatic rings. The van der Waals surface area contributed by atoms with E-state index in [1.165, 1.54) is 116 Å². The number of aliphatic hydroxyl groups is 2. The SMILES string of the molecule is CCCCCCCCCCOCc1cn([C@@H]2C(=O)N[C@H]3C(=O)N[C@H](C(=O)N[C@H]4C(=O)N[C@H]5C(=O)N[C@H](C(=O)N[C@@H](C(=O)OC)c6cc(O)cc(O)c6-c6cc5ccc6O)[C@H](O)c5ccc(cc5)Oc5cc4cc(c5O)Oc4ccc(cc4)[C@H]3O)c3cc(O)c(C)c(c3)Oc3cc2ccc3O)nn1. The molecular weight excluding hydrogens is 1320 g/mol. The molecule has 9 atom stereocenters. The minimum Gasteiger partial charge on any atom is -0.508 e. The minimum absolute atomic E-state index is 0.00422. The second-order valence-corrected chi connectivity index (χ2v) is 25.2. The number of hydrogen-bond donors (Lipinski definition) is 14. The highest BCUT2D eigenvalue weighted by molar-refractivity contribution is 6.00. The Morgan fingerprint density at radius 2 is 1.03 bits per heavy atom. The number of amides is 6. The molecule has 6 aliphatic heterocycles. The summed E-state index contributed by atoms with van der Waals surface area (Å²) in [7, 11) is 0.979. The van der Waals surface area contributed by atoms with Crippen LogP contribution in [0.25, 0.3) is 11.1 Å². The summed E-state index contributed by atoms with van der Waals surface area (Å²) >= 11 is 0. The molecule has 0 saturated carbocycles. The number of ether oxygens (including phenoxy) is 5. The van der Waals surface area contributed by atoms with Gasteiger partial charge in [0.2, 0.25) is 41.2 Å². The number of benzene rings is 7. The fourth-order valence-electron chi connectivity index (χ4n) is 12.7. The first-order valence-electron chi connectivity index (χ1n) is 33.0.